The molecule has 0 saturated heterocycles. The van der Waals surface area contributed by atoms with Gasteiger partial charge < -0.3 is 4.90 Å². The van der Waals surface area contributed by atoms with Gasteiger partial charge in [-0.15, -0.1) is 0 Å². The van der Waals surface area contributed by atoms with E-state index in [1.807, 2.05) is 61.5 Å². The summed E-state index contributed by atoms with van der Waals surface area (Å²) in [6, 6.07) is 18.2. The summed E-state index contributed by atoms with van der Waals surface area (Å²) in [5, 5.41) is 2.94. The number of benzene rings is 2. The molecule has 0 spiro atoms. The highest BCUT2D eigenvalue weighted by molar-refractivity contribution is 6.05. The maximum Gasteiger partial charge on any atom is 0.274 e. The summed E-state index contributed by atoms with van der Waals surface area (Å²) >= 11 is 0. The Morgan fingerprint density at radius 3 is 2.46 bits per heavy atom. The molecule has 1 N–H and O–H groups in total. The van der Waals surface area contributed by atoms with Crippen molar-refractivity contribution in [3.63, 3.8) is 0 Å². The zero-order valence-electron chi connectivity index (χ0n) is 15.6. The van der Waals surface area contributed by atoms with Crippen LogP contribution in [0.2, 0.25) is 0 Å². The lowest BCUT2D eigenvalue weighted by atomic mass is 10.1. The highest BCUT2D eigenvalue weighted by atomic mass is 16.2. The van der Waals surface area contributed by atoms with E-state index in [0.717, 1.165) is 11.3 Å². The van der Waals surface area contributed by atoms with Gasteiger partial charge in [-0.25, -0.2) is 4.98 Å². The molecule has 0 atom stereocenters. The highest BCUT2D eigenvalue weighted by Crippen LogP contribution is 2.19. The number of H-pyrrole nitrogens is 1. The molecular weight excluding hydrogens is 354 g/mol. The largest absolute Gasteiger partial charge is 0.301 e. The molecule has 2 aromatic carbocycles. The van der Waals surface area contributed by atoms with Crippen molar-refractivity contribution in [1.29, 1.82) is 0 Å². The van der Waals surface area contributed by atoms with Crippen LogP contribution >= 0.6 is 0 Å². The quantitative estimate of drug-likeness (QED) is 0.596. The standard InChI is InChI=1S/C21H19N5O2/c1-14-8-10-16(11-9-14)20(28)25(17-6-4-3-5-7-17)13-18-23-21-22-15(2)12-19(27)26(21)24-18/h3-12H,13H2,1-2H3,(H,22,23,24). The van der Waals surface area contributed by atoms with Gasteiger partial charge in [0.05, 0.1) is 6.54 Å². The molecule has 0 aliphatic heterocycles. The number of amides is 1. The van der Waals surface area contributed by atoms with Crippen LogP contribution in [0.5, 0.6) is 0 Å². The van der Waals surface area contributed by atoms with Crippen molar-refractivity contribution in [2.75, 3.05) is 4.90 Å². The second kappa shape index (κ2) is 7.11. The molecule has 2 aromatic heterocycles. The summed E-state index contributed by atoms with van der Waals surface area (Å²) in [5.74, 6) is 0.610. The lowest BCUT2D eigenvalue weighted by Crippen LogP contribution is -2.31. The minimum Gasteiger partial charge on any atom is -0.301 e. The molecule has 140 valence electrons. The average Bonchev–Trinajstić information content (AvgIpc) is 3.10. The van der Waals surface area contributed by atoms with Crippen molar-refractivity contribution in [3.8, 4) is 0 Å². The monoisotopic (exact) mass is 373 g/mol. The van der Waals surface area contributed by atoms with E-state index in [9.17, 15) is 9.59 Å². The first-order valence-electron chi connectivity index (χ1n) is 8.90. The summed E-state index contributed by atoms with van der Waals surface area (Å²) < 4.78 is 1.28. The first-order chi connectivity index (χ1) is 13.5. The van der Waals surface area contributed by atoms with Gasteiger partial charge in [-0.2, -0.15) is 9.50 Å². The van der Waals surface area contributed by atoms with E-state index in [2.05, 4.69) is 15.1 Å². The third kappa shape index (κ3) is 3.42. The van der Waals surface area contributed by atoms with Crippen LogP contribution in [0.15, 0.2) is 65.5 Å². The van der Waals surface area contributed by atoms with E-state index in [0.29, 0.717) is 17.1 Å². The zero-order valence-corrected chi connectivity index (χ0v) is 15.6. The first kappa shape index (κ1) is 17.7. The number of hydrogen-bond acceptors (Lipinski definition) is 4. The van der Waals surface area contributed by atoms with Gasteiger partial charge in [0, 0.05) is 23.0 Å². The number of nitrogens with zero attached hydrogens (tertiary/aromatic N) is 4. The van der Waals surface area contributed by atoms with E-state index < -0.39 is 0 Å². The highest BCUT2D eigenvalue weighted by Gasteiger charge is 2.20. The summed E-state index contributed by atoms with van der Waals surface area (Å²) in [4.78, 5) is 35.6. The number of carbonyl (C=O) groups excluding carboxylic acids is 1. The molecule has 1 amide bonds. The Morgan fingerprint density at radius 2 is 1.75 bits per heavy atom. The van der Waals surface area contributed by atoms with Gasteiger partial charge in [0.15, 0.2) is 0 Å². The van der Waals surface area contributed by atoms with Gasteiger partial charge in [0.1, 0.15) is 5.82 Å². The molecule has 0 aliphatic rings. The number of anilines is 1. The Bertz CT molecular complexity index is 1190. The molecule has 7 nitrogen and oxygen atoms in total. The lowest BCUT2D eigenvalue weighted by molar-refractivity contribution is 0.0984. The topological polar surface area (TPSA) is 83.4 Å². The van der Waals surface area contributed by atoms with Gasteiger partial charge in [-0.1, -0.05) is 35.9 Å². The minimum absolute atomic E-state index is 0.150. The molecule has 0 fully saturated rings. The van der Waals surface area contributed by atoms with Crippen LogP contribution in [-0.4, -0.2) is 25.5 Å². The number of aryl methyl sites for hydroxylation is 2. The summed E-state index contributed by atoms with van der Waals surface area (Å²) in [7, 11) is 0. The Labute approximate surface area is 161 Å². The van der Waals surface area contributed by atoms with Gasteiger partial charge in [0.2, 0.25) is 0 Å². The van der Waals surface area contributed by atoms with E-state index >= 15 is 0 Å². The van der Waals surface area contributed by atoms with Gasteiger partial charge >= 0.3 is 0 Å². The first-order valence-corrected chi connectivity index (χ1v) is 8.90. The second-order valence-electron chi connectivity index (χ2n) is 6.63. The molecule has 4 aromatic rings. The molecule has 4 rings (SSSR count). The zero-order chi connectivity index (χ0) is 19.7. The molecule has 0 unspecified atom stereocenters. The van der Waals surface area contributed by atoms with Crippen LogP contribution in [0.4, 0.5) is 5.69 Å². The third-order valence-electron chi connectivity index (χ3n) is 4.42. The molecule has 0 radical (unpaired) electrons. The maximum absolute atomic E-state index is 13.2. The second-order valence-corrected chi connectivity index (χ2v) is 6.63. The fourth-order valence-corrected chi connectivity index (χ4v) is 3.00. The average molecular weight is 373 g/mol. The lowest BCUT2D eigenvalue weighted by Gasteiger charge is -2.22. The molecule has 7 heteroatoms. The van der Waals surface area contributed by atoms with Gasteiger partial charge in [-0.05, 0) is 38.1 Å². The fraction of sp³-hybridized carbons (Fsp3) is 0.143. The normalized spacial score (nSPS) is 10.9. The van der Waals surface area contributed by atoms with E-state index in [1.165, 1.54) is 10.6 Å². The summed E-state index contributed by atoms with van der Waals surface area (Å²) in [5.41, 5.74) is 2.76. The Morgan fingerprint density at radius 1 is 1.04 bits per heavy atom. The van der Waals surface area contributed by atoms with E-state index in [1.54, 1.807) is 11.8 Å². The predicted molar refractivity (Wildman–Crippen MR) is 106 cm³/mol. The molecule has 0 saturated carbocycles. The van der Waals surface area contributed by atoms with Crippen molar-refractivity contribution >= 4 is 17.4 Å². The van der Waals surface area contributed by atoms with E-state index in [4.69, 9.17) is 0 Å². The fourth-order valence-electron chi connectivity index (χ4n) is 3.00. The van der Waals surface area contributed by atoms with Crippen molar-refractivity contribution in [2.45, 2.75) is 20.4 Å². The molecular formula is C21H19N5O2. The van der Waals surface area contributed by atoms with Crippen LogP contribution < -0.4 is 10.5 Å². The minimum atomic E-state index is -0.239. The number of aromatic amines is 1. The van der Waals surface area contributed by atoms with Gasteiger partial charge in [0.25, 0.3) is 17.2 Å². The number of nitrogens with one attached hydrogen (secondary N) is 1. The van der Waals surface area contributed by atoms with Crippen LogP contribution in [0.25, 0.3) is 5.78 Å². The summed E-state index contributed by atoms with van der Waals surface area (Å²) in [6.07, 6.45) is 0. The Kier molecular flexibility index (Phi) is 4.49. The van der Waals surface area contributed by atoms with Crippen molar-refractivity contribution in [3.05, 3.63) is 93.7 Å². The number of aromatic nitrogens is 4. The molecule has 0 aliphatic carbocycles. The predicted octanol–water partition coefficient (Wildman–Crippen LogP) is 2.88. The SMILES string of the molecule is Cc1ccc(C(=O)N(Cc2nc3nc(C)cc(=O)n3[nH]2)c2ccccc2)cc1. The molecule has 0 bridgehead atoms. The van der Waals surface area contributed by atoms with Crippen molar-refractivity contribution < 1.29 is 4.79 Å². The van der Waals surface area contributed by atoms with Crippen molar-refractivity contribution in [2.24, 2.45) is 0 Å². The number of fused-ring (bicyclic) bond motifs is 1. The number of carbonyl (C=O) groups is 1. The maximum atomic E-state index is 13.2. The van der Waals surface area contributed by atoms with Crippen LogP contribution in [0, 0.1) is 13.8 Å². The van der Waals surface area contributed by atoms with Crippen LogP contribution in [0.3, 0.4) is 0 Å². The number of para-hydroxylation sites is 1. The smallest absolute Gasteiger partial charge is 0.274 e. The Balaban J connectivity index is 1.74. The Hall–Kier alpha value is -3.74. The molecule has 2 heterocycles. The van der Waals surface area contributed by atoms with Crippen molar-refractivity contribution in [1.82, 2.24) is 19.6 Å². The number of hydrogen-bond donors (Lipinski definition) is 1. The van der Waals surface area contributed by atoms with E-state index in [-0.39, 0.29) is 23.8 Å². The van der Waals surface area contributed by atoms with Crippen LogP contribution in [0.1, 0.15) is 27.4 Å². The van der Waals surface area contributed by atoms with Crippen LogP contribution in [-0.2, 0) is 6.54 Å². The van der Waals surface area contributed by atoms with Gasteiger partial charge in [-0.3, -0.25) is 14.7 Å². The number of rotatable bonds is 4. The summed E-state index contributed by atoms with van der Waals surface area (Å²) in [6.45, 7) is 3.90. The molecule has 28 heavy (non-hydrogen) atoms. The third-order valence-corrected chi connectivity index (χ3v) is 4.42.